The predicted molar refractivity (Wildman–Crippen MR) is 126 cm³/mol. The largest absolute Gasteiger partial charge is 0.342 e. The summed E-state index contributed by atoms with van der Waals surface area (Å²) in [6.07, 6.45) is 1.77. The van der Waals surface area contributed by atoms with Crippen LogP contribution in [-0.4, -0.2) is 44.8 Å². The van der Waals surface area contributed by atoms with Crippen LogP contribution in [0, 0.1) is 16.7 Å². The molecule has 1 aliphatic heterocycles. The highest BCUT2D eigenvalue weighted by Gasteiger charge is 2.68. The smallest absolute Gasteiger partial charge is 0.277 e. The van der Waals surface area contributed by atoms with E-state index >= 15 is 0 Å². The maximum absolute atomic E-state index is 13.0. The Morgan fingerprint density at radius 1 is 1.09 bits per heavy atom. The summed E-state index contributed by atoms with van der Waals surface area (Å²) >= 11 is 1.52. The van der Waals surface area contributed by atoms with E-state index in [1.165, 1.54) is 11.3 Å². The van der Waals surface area contributed by atoms with E-state index in [1.54, 1.807) is 5.38 Å². The molecule has 5 rings (SSSR count). The Balaban J connectivity index is 1.19. The van der Waals surface area contributed by atoms with Gasteiger partial charge in [0.15, 0.2) is 0 Å². The van der Waals surface area contributed by atoms with E-state index in [0.717, 1.165) is 42.0 Å². The first-order chi connectivity index (χ1) is 15.2. The topological polar surface area (TPSA) is 91.0 Å². The standard InChI is InChI=1S/C24H29N5O2S/c1-23(2)18(24(23,3)4)21(31)29-11-9-14(10-12-29)20-25-17(13-32-20)19(30)28-22-26-15-7-5-6-8-16(15)27-22/h5-8,13-14,18H,9-12H2,1-4H3,(H2,26,27,28,30). The maximum Gasteiger partial charge on any atom is 0.277 e. The van der Waals surface area contributed by atoms with Gasteiger partial charge in [0.1, 0.15) is 5.69 Å². The SMILES string of the molecule is CC1(C)C(C(=O)N2CCC(c3nc(C(=O)Nc4nc5ccccc5[nH]4)cs3)CC2)C1(C)C. The summed E-state index contributed by atoms with van der Waals surface area (Å²) in [4.78, 5) is 39.8. The van der Waals surface area contributed by atoms with Crippen molar-refractivity contribution in [1.82, 2.24) is 19.9 Å². The Labute approximate surface area is 191 Å². The lowest BCUT2D eigenvalue weighted by molar-refractivity contribution is -0.134. The molecule has 0 bridgehead atoms. The van der Waals surface area contributed by atoms with Crippen molar-refractivity contribution in [3.8, 4) is 0 Å². The number of likely N-dealkylation sites (tertiary alicyclic amines) is 1. The number of amides is 2. The van der Waals surface area contributed by atoms with Crippen LogP contribution in [0.2, 0.25) is 0 Å². The predicted octanol–water partition coefficient (Wildman–Crippen LogP) is 4.66. The molecule has 3 aromatic rings. The monoisotopic (exact) mass is 451 g/mol. The number of benzene rings is 1. The molecule has 0 unspecified atom stereocenters. The van der Waals surface area contributed by atoms with Crippen LogP contribution < -0.4 is 5.32 Å². The molecule has 1 aromatic carbocycles. The normalized spacial score (nSPS) is 20.4. The lowest BCUT2D eigenvalue weighted by Crippen LogP contribution is -2.39. The molecule has 1 saturated heterocycles. The second-order valence-corrected chi connectivity index (χ2v) is 11.0. The number of para-hydroxylation sites is 2. The minimum atomic E-state index is -0.266. The van der Waals surface area contributed by atoms with E-state index in [1.807, 2.05) is 29.2 Å². The van der Waals surface area contributed by atoms with E-state index in [4.69, 9.17) is 0 Å². The van der Waals surface area contributed by atoms with Gasteiger partial charge in [-0.05, 0) is 35.8 Å². The number of fused-ring (bicyclic) bond motifs is 1. The first-order valence-corrected chi connectivity index (χ1v) is 12.1. The fraction of sp³-hybridized carbons (Fsp3) is 0.500. The van der Waals surface area contributed by atoms with Crippen molar-refractivity contribution in [3.05, 3.63) is 40.3 Å². The van der Waals surface area contributed by atoms with Gasteiger partial charge in [0.2, 0.25) is 11.9 Å². The molecule has 2 amide bonds. The first kappa shape index (κ1) is 21.1. The maximum atomic E-state index is 13.0. The summed E-state index contributed by atoms with van der Waals surface area (Å²) < 4.78 is 0. The average Bonchev–Trinajstić information content (AvgIpc) is 3.23. The number of thiazole rings is 1. The highest BCUT2D eigenvalue weighted by molar-refractivity contribution is 7.10. The summed E-state index contributed by atoms with van der Waals surface area (Å²) in [7, 11) is 0. The lowest BCUT2D eigenvalue weighted by Gasteiger charge is -2.31. The van der Waals surface area contributed by atoms with Crippen LogP contribution in [0.25, 0.3) is 11.0 Å². The zero-order valence-electron chi connectivity index (χ0n) is 18.9. The summed E-state index contributed by atoms with van der Waals surface area (Å²) in [6.45, 7) is 10.3. The van der Waals surface area contributed by atoms with E-state index < -0.39 is 0 Å². The van der Waals surface area contributed by atoms with Crippen LogP contribution >= 0.6 is 11.3 Å². The average molecular weight is 452 g/mol. The minimum Gasteiger partial charge on any atom is -0.342 e. The first-order valence-electron chi connectivity index (χ1n) is 11.2. The molecule has 0 radical (unpaired) electrons. The number of hydrogen-bond donors (Lipinski definition) is 2. The number of aromatic nitrogens is 3. The second kappa shape index (κ2) is 7.40. The van der Waals surface area contributed by atoms with Crippen molar-refractivity contribution in [1.29, 1.82) is 0 Å². The number of hydrogen-bond acceptors (Lipinski definition) is 5. The molecule has 0 atom stereocenters. The summed E-state index contributed by atoms with van der Waals surface area (Å²) in [6, 6.07) is 7.64. The quantitative estimate of drug-likeness (QED) is 0.604. The van der Waals surface area contributed by atoms with Gasteiger partial charge in [-0.3, -0.25) is 14.9 Å². The number of carbonyl (C=O) groups excluding carboxylic acids is 2. The Hall–Kier alpha value is -2.74. The molecule has 3 heterocycles. The van der Waals surface area contributed by atoms with Gasteiger partial charge < -0.3 is 9.88 Å². The van der Waals surface area contributed by atoms with Crippen LogP contribution in [0.3, 0.4) is 0 Å². The molecular formula is C24H29N5O2S. The molecule has 2 aliphatic rings. The molecule has 2 fully saturated rings. The summed E-state index contributed by atoms with van der Waals surface area (Å²) in [5, 5.41) is 5.58. The lowest BCUT2D eigenvalue weighted by atomic mass is 9.96. The Morgan fingerprint density at radius 2 is 1.78 bits per heavy atom. The van der Waals surface area contributed by atoms with Crippen molar-refractivity contribution in [2.45, 2.75) is 46.5 Å². The molecule has 1 aliphatic carbocycles. The second-order valence-electron chi connectivity index (χ2n) is 10.1. The van der Waals surface area contributed by atoms with Crippen LogP contribution in [0.1, 0.15) is 62.0 Å². The molecule has 2 aromatic heterocycles. The van der Waals surface area contributed by atoms with Crippen LogP contribution in [0.4, 0.5) is 5.95 Å². The highest BCUT2D eigenvalue weighted by atomic mass is 32.1. The van der Waals surface area contributed by atoms with Gasteiger partial charge in [-0.15, -0.1) is 11.3 Å². The van der Waals surface area contributed by atoms with Gasteiger partial charge in [0.05, 0.1) is 16.0 Å². The number of rotatable bonds is 4. The number of piperidine rings is 1. The third-order valence-corrected chi connectivity index (χ3v) is 8.81. The number of nitrogens with one attached hydrogen (secondary N) is 2. The van der Waals surface area contributed by atoms with Gasteiger partial charge >= 0.3 is 0 Å². The van der Waals surface area contributed by atoms with E-state index in [2.05, 4.69) is 48.0 Å². The Bertz CT molecular complexity index is 1140. The summed E-state index contributed by atoms with van der Waals surface area (Å²) in [5.41, 5.74) is 2.23. The molecule has 7 nitrogen and oxygen atoms in total. The number of aromatic amines is 1. The third-order valence-electron chi connectivity index (χ3n) is 7.80. The number of nitrogens with zero attached hydrogens (tertiary/aromatic N) is 3. The minimum absolute atomic E-state index is 0.0678. The molecule has 2 N–H and O–H groups in total. The molecule has 8 heteroatoms. The number of carbonyl (C=O) groups is 2. The zero-order chi connectivity index (χ0) is 22.7. The van der Waals surface area contributed by atoms with Crippen molar-refractivity contribution >= 4 is 40.1 Å². The van der Waals surface area contributed by atoms with Gasteiger partial charge in [0, 0.05) is 30.3 Å². The fourth-order valence-electron chi connectivity index (χ4n) is 5.11. The van der Waals surface area contributed by atoms with Gasteiger partial charge in [-0.2, -0.15) is 0 Å². The summed E-state index contributed by atoms with van der Waals surface area (Å²) in [5.74, 6) is 0.848. The zero-order valence-corrected chi connectivity index (χ0v) is 19.8. The Kier molecular flexibility index (Phi) is 4.89. The van der Waals surface area contributed by atoms with E-state index in [0.29, 0.717) is 17.5 Å². The van der Waals surface area contributed by atoms with E-state index in [9.17, 15) is 9.59 Å². The van der Waals surface area contributed by atoms with Crippen LogP contribution in [0.5, 0.6) is 0 Å². The number of H-pyrrole nitrogens is 1. The molecule has 1 saturated carbocycles. The molecule has 0 spiro atoms. The van der Waals surface area contributed by atoms with Crippen LogP contribution in [-0.2, 0) is 4.79 Å². The molecule has 168 valence electrons. The van der Waals surface area contributed by atoms with Gasteiger partial charge in [0.25, 0.3) is 5.91 Å². The molecular weight excluding hydrogens is 422 g/mol. The molecule has 32 heavy (non-hydrogen) atoms. The van der Waals surface area contributed by atoms with E-state index in [-0.39, 0.29) is 28.6 Å². The fourth-order valence-corrected chi connectivity index (χ4v) is 6.08. The van der Waals surface area contributed by atoms with Gasteiger partial charge in [-0.25, -0.2) is 9.97 Å². The number of imidazole rings is 1. The highest BCUT2D eigenvalue weighted by Crippen LogP contribution is 2.68. The van der Waals surface area contributed by atoms with Crippen molar-refractivity contribution in [3.63, 3.8) is 0 Å². The van der Waals surface area contributed by atoms with Crippen molar-refractivity contribution in [2.75, 3.05) is 18.4 Å². The van der Waals surface area contributed by atoms with Crippen molar-refractivity contribution < 1.29 is 9.59 Å². The number of anilines is 1. The van der Waals surface area contributed by atoms with Gasteiger partial charge in [-0.1, -0.05) is 39.8 Å². The van der Waals surface area contributed by atoms with Crippen LogP contribution in [0.15, 0.2) is 29.6 Å². The third kappa shape index (κ3) is 3.41. The Morgan fingerprint density at radius 3 is 2.44 bits per heavy atom. The van der Waals surface area contributed by atoms with Crippen molar-refractivity contribution in [2.24, 2.45) is 16.7 Å².